The van der Waals surface area contributed by atoms with E-state index in [4.69, 9.17) is 0 Å². The maximum atomic E-state index is 13.5. The van der Waals surface area contributed by atoms with Crippen LogP contribution in [0.2, 0.25) is 0 Å². The predicted molar refractivity (Wildman–Crippen MR) is 105 cm³/mol. The lowest BCUT2D eigenvalue weighted by atomic mass is 9.89. The minimum absolute atomic E-state index is 0.204. The van der Waals surface area contributed by atoms with Crippen molar-refractivity contribution in [3.05, 3.63) is 35.8 Å². The smallest absolute Gasteiger partial charge is 0.321 e. The lowest BCUT2D eigenvalue weighted by molar-refractivity contribution is -0.138. The lowest BCUT2D eigenvalue weighted by Crippen LogP contribution is -2.25. The molecule has 0 aromatic carbocycles. The first-order valence-corrected chi connectivity index (χ1v) is 12.1. The van der Waals surface area contributed by atoms with Crippen molar-refractivity contribution >= 4 is 24.2 Å². The highest BCUT2D eigenvalue weighted by Gasteiger charge is 2.39. The Morgan fingerprint density at radius 1 is 1.28 bits per heavy atom. The van der Waals surface area contributed by atoms with Crippen molar-refractivity contribution in [2.24, 2.45) is 5.92 Å². The fourth-order valence-electron chi connectivity index (χ4n) is 3.57. The van der Waals surface area contributed by atoms with E-state index in [0.717, 1.165) is 32.1 Å². The first-order valence-electron chi connectivity index (χ1n) is 9.51. The normalized spacial score (nSPS) is 16.0. The molecule has 1 aliphatic rings. The number of nitrogens with zero attached hydrogens (tertiary/aromatic N) is 3. The summed E-state index contributed by atoms with van der Waals surface area (Å²) in [6.45, 7) is 3.34. The summed E-state index contributed by atoms with van der Waals surface area (Å²) < 4.78 is 53.8. The zero-order chi connectivity index (χ0) is 21.2. The molecule has 1 N–H and O–H groups in total. The number of hydrogen-bond donors (Lipinski definition) is 1. The van der Waals surface area contributed by atoms with Gasteiger partial charge in [-0.2, -0.15) is 18.3 Å². The number of pyridine rings is 1. The SMILES string of the molecule is CP(C)(=O)c1cc(NC(=O)c2c(C(F)(F)F)cnn2CC2CCCCC2)ccn1. The molecule has 1 fully saturated rings. The summed E-state index contributed by atoms with van der Waals surface area (Å²) in [5.74, 6) is -0.695. The van der Waals surface area contributed by atoms with Crippen LogP contribution in [0.5, 0.6) is 0 Å². The highest BCUT2D eigenvalue weighted by Crippen LogP contribution is 2.35. The standard InChI is InChI=1S/C19H24F3N4O2P/c1-29(2,28)16-10-14(8-9-23-16)25-18(27)17-15(19(20,21)22)11-24-26(17)12-13-6-4-3-5-7-13/h8-11,13H,3-7,12H2,1-2H3,(H,23,25,27). The second-order valence-corrected chi connectivity index (χ2v) is 11.0. The molecule has 2 aromatic heterocycles. The summed E-state index contributed by atoms with van der Waals surface area (Å²) in [7, 11) is -2.68. The average molecular weight is 428 g/mol. The van der Waals surface area contributed by atoms with Crippen LogP contribution in [0.15, 0.2) is 24.5 Å². The van der Waals surface area contributed by atoms with E-state index in [1.165, 1.54) is 36.3 Å². The molecule has 3 rings (SSSR count). The van der Waals surface area contributed by atoms with E-state index in [-0.39, 0.29) is 18.2 Å². The Hall–Kier alpha value is -2.15. The molecule has 29 heavy (non-hydrogen) atoms. The molecule has 0 unspecified atom stereocenters. The van der Waals surface area contributed by atoms with Crippen LogP contribution in [0.3, 0.4) is 0 Å². The van der Waals surface area contributed by atoms with Gasteiger partial charge in [-0.3, -0.25) is 14.5 Å². The number of aromatic nitrogens is 3. The van der Waals surface area contributed by atoms with E-state index in [1.54, 1.807) is 0 Å². The van der Waals surface area contributed by atoms with E-state index in [9.17, 15) is 22.5 Å². The molecule has 1 aliphatic carbocycles. The summed E-state index contributed by atoms with van der Waals surface area (Å²) >= 11 is 0. The number of amides is 1. The number of halogens is 3. The average Bonchev–Trinajstić information content (AvgIpc) is 3.06. The minimum atomic E-state index is -4.69. The van der Waals surface area contributed by atoms with Gasteiger partial charge in [-0.05, 0) is 44.2 Å². The molecule has 1 amide bonds. The van der Waals surface area contributed by atoms with Crippen LogP contribution < -0.4 is 10.8 Å². The first-order chi connectivity index (χ1) is 13.6. The van der Waals surface area contributed by atoms with Gasteiger partial charge in [0.05, 0.1) is 6.20 Å². The van der Waals surface area contributed by atoms with Gasteiger partial charge in [0, 0.05) is 18.4 Å². The van der Waals surface area contributed by atoms with E-state index in [2.05, 4.69) is 15.4 Å². The van der Waals surface area contributed by atoms with Crippen molar-refractivity contribution in [1.29, 1.82) is 0 Å². The van der Waals surface area contributed by atoms with Crippen LogP contribution in [-0.4, -0.2) is 34.0 Å². The third kappa shape index (κ3) is 5.26. The Morgan fingerprint density at radius 3 is 2.59 bits per heavy atom. The van der Waals surface area contributed by atoms with Crippen LogP contribution in [0.1, 0.15) is 48.2 Å². The number of anilines is 1. The van der Waals surface area contributed by atoms with Crippen molar-refractivity contribution in [2.45, 2.75) is 44.8 Å². The number of nitrogens with one attached hydrogen (secondary N) is 1. The van der Waals surface area contributed by atoms with Gasteiger partial charge in [-0.25, -0.2) is 0 Å². The van der Waals surface area contributed by atoms with Gasteiger partial charge in [0.15, 0.2) is 0 Å². The number of hydrogen-bond acceptors (Lipinski definition) is 4. The van der Waals surface area contributed by atoms with Gasteiger partial charge >= 0.3 is 6.18 Å². The van der Waals surface area contributed by atoms with Crippen molar-refractivity contribution in [1.82, 2.24) is 14.8 Å². The molecule has 0 aliphatic heterocycles. The van der Waals surface area contributed by atoms with Crippen LogP contribution in [0, 0.1) is 5.92 Å². The van der Waals surface area contributed by atoms with E-state index in [1.807, 2.05) is 0 Å². The van der Waals surface area contributed by atoms with E-state index < -0.39 is 30.5 Å². The third-order valence-corrected chi connectivity index (χ3v) is 6.42. The lowest BCUT2D eigenvalue weighted by Gasteiger charge is -2.22. The summed E-state index contributed by atoms with van der Waals surface area (Å²) in [6.07, 6.45) is 2.41. The maximum absolute atomic E-state index is 13.5. The highest BCUT2D eigenvalue weighted by atomic mass is 31.2. The Bertz CT molecular complexity index is 930. The fraction of sp³-hybridized carbons (Fsp3) is 0.526. The van der Waals surface area contributed by atoms with Crippen LogP contribution in [0.25, 0.3) is 0 Å². The minimum Gasteiger partial charge on any atom is -0.321 e. The molecule has 0 atom stereocenters. The highest BCUT2D eigenvalue weighted by molar-refractivity contribution is 7.69. The summed E-state index contributed by atoms with van der Waals surface area (Å²) in [5, 5.41) is 6.36. The Morgan fingerprint density at radius 2 is 1.97 bits per heavy atom. The molecular weight excluding hydrogens is 404 g/mol. The number of carbonyl (C=O) groups excluding carboxylic acids is 1. The molecule has 0 spiro atoms. The number of rotatable bonds is 5. The molecular formula is C19H24F3N4O2P. The largest absolute Gasteiger partial charge is 0.420 e. The molecule has 158 valence electrons. The third-order valence-electron chi connectivity index (χ3n) is 5.07. The fourth-order valence-corrected chi connectivity index (χ4v) is 4.36. The molecule has 6 nitrogen and oxygen atoms in total. The molecule has 1 saturated carbocycles. The molecule has 2 heterocycles. The molecule has 10 heteroatoms. The van der Waals surface area contributed by atoms with Crippen LogP contribution >= 0.6 is 7.14 Å². The van der Waals surface area contributed by atoms with Gasteiger partial charge in [-0.15, -0.1) is 0 Å². The maximum Gasteiger partial charge on any atom is 0.420 e. The zero-order valence-electron chi connectivity index (χ0n) is 16.4. The molecule has 0 bridgehead atoms. The van der Waals surface area contributed by atoms with Gasteiger partial charge in [0.2, 0.25) is 0 Å². The van der Waals surface area contributed by atoms with Crippen LogP contribution in [0.4, 0.5) is 18.9 Å². The van der Waals surface area contributed by atoms with E-state index >= 15 is 0 Å². The quantitative estimate of drug-likeness (QED) is 0.718. The van der Waals surface area contributed by atoms with E-state index in [0.29, 0.717) is 11.6 Å². The molecule has 0 saturated heterocycles. The zero-order valence-corrected chi connectivity index (χ0v) is 17.3. The predicted octanol–water partition coefficient (Wildman–Crippen LogP) is 4.38. The second-order valence-electron chi connectivity index (χ2n) is 7.80. The Labute approximate surface area is 167 Å². The Balaban J connectivity index is 1.90. The first kappa shape index (κ1) is 21.6. The second kappa shape index (κ2) is 8.30. The topological polar surface area (TPSA) is 76.9 Å². The number of carbonyl (C=O) groups is 1. The van der Waals surface area contributed by atoms with Gasteiger partial charge in [-0.1, -0.05) is 19.3 Å². The summed E-state index contributed by atoms with van der Waals surface area (Å²) in [4.78, 5) is 16.8. The van der Waals surface area contributed by atoms with Gasteiger partial charge in [0.25, 0.3) is 5.91 Å². The Kier molecular flexibility index (Phi) is 6.17. The monoisotopic (exact) mass is 428 g/mol. The van der Waals surface area contributed by atoms with Gasteiger partial charge in [0.1, 0.15) is 23.8 Å². The van der Waals surface area contributed by atoms with Crippen molar-refractivity contribution in [3.8, 4) is 0 Å². The van der Waals surface area contributed by atoms with Gasteiger partial charge < -0.3 is 9.88 Å². The van der Waals surface area contributed by atoms with Crippen LogP contribution in [-0.2, 0) is 17.3 Å². The number of alkyl halides is 3. The summed E-state index contributed by atoms with van der Waals surface area (Å²) in [5.41, 5.74) is -1.03. The molecule has 0 radical (unpaired) electrons. The van der Waals surface area contributed by atoms with Crippen molar-refractivity contribution < 1.29 is 22.5 Å². The van der Waals surface area contributed by atoms with Crippen molar-refractivity contribution in [2.75, 3.05) is 18.6 Å². The van der Waals surface area contributed by atoms with Crippen molar-refractivity contribution in [3.63, 3.8) is 0 Å². The summed E-state index contributed by atoms with van der Waals surface area (Å²) in [6, 6.07) is 2.87. The molecule has 2 aromatic rings.